The van der Waals surface area contributed by atoms with E-state index < -0.39 is 11.5 Å². The van der Waals surface area contributed by atoms with E-state index in [0.29, 0.717) is 6.42 Å². The van der Waals surface area contributed by atoms with Gasteiger partial charge in [0.15, 0.2) is 0 Å². The van der Waals surface area contributed by atoms with Gasteiger partial charge in [0.2, 0.25) is 0 Å². The fourth-order valence-corrected chi connectivity index (χ4v) is 2.13. The Balaban J connectivity index is 2.70. The van der Waals surface area contributed by atoms with E-state index in [1.807, 2.05) is 0 Å². The highest BCUT2D eigenvalue weighted by Gasteiger charge is 2.49. The number of thioether (sulfide) groups is 1. The van der Waals surface area contributed by atoms with Gasteiger partial charge in [-0.1, -0.05) is 0 Å². The number of nitrogens with two attached hydrogens (primary N) is 1. The second kappa shape index (κ2) is 2.34. The van der Waals surface area contributed by atoms with Crippen molar-refractivity contribution in [2.24, 2.45) is 5.73 Å². The quantitative estimate of drug-likeness (QED) is 0.591. The van der Waals surface area contributed by atoms with Crippen LogP contribution in [-0.4, -0.2) is 23.0 Å². The van der Waals surface area contributed by atoms with E-state index in [9.17, 15) is 8.78 Å². The molecule has 1 unspecified atom stereocenters. The van der Waals surface area contributed by atoms with Gasteiger partial charge in [-0.15, -0.1) is 0 Å². The summed E-state index contributed by atoms with van der Waals surface area (Å²) in [5, 5.41) is 0. The van der Waals surface area contributed by atoms with Crippen LogP contribution in [0.15, 0.2) is 0 Å². The molecule has 1 fully saturated rings. The fourth-order valence-electron chi connectivity index (χ4n) is 0.832. The Morgan fingerprint density at radius 1 is 1.50 bits per heavy atom. The second-order valence-corrected chi connectivity index (χ2v) is 4.03. The lowest BCUT2D eigenvalue weighted by Crippen LogP contribution is -2.57. The molecule has 0 radical (unpaired) electrons. The van der Waals surface area contributed by atoms with Crippen molar-refractivity contribution in [2.45, 2.75) is 24.8 Å². The summed E-state index contributed by atoms with van der Waals surface area (Å²) in [6, 6.07) is 0. The van der Waals surface area contributed by atoms with Crippen molar-refractivity contribution in [3.63, 3.8) is 0 Å². The minimum Gasteiger partial charge on any atom is -0.320 e. The Labute approximate surface area is 63.4 Å². The molecule has 0 aliphatic carbocycles. The molecule has 0 spiro atoms. The molecule has 4 heteroatoms. The minimum atomic E-state index is -2.68. The van der Waals surface area contributed by atoms with Crippen LogP contribution >= 0.6 is 11.8 Å². The van der Waals surface area contributed by atoms with Crippen LogP contribution in [0, 0.1) is 0 Å². The molecular weight excluding hydrogens is 156 g/mol. The largest absolute Gasteiger partial charge is 0.320 e. The van der Waals surface area contributed by atoms with E-state index >= 15 is 0 Å². The Kier molecular flexibility index (Phi) is 1.94. The summed E-state index contributed by atoms with van der Waals surface area (Å²) in [4.78, 5) is 0. The first-order chi connectivity index (χ1) is 4.46. The normalized spacial score (nSPS) is 39.6. The molecule has 1 atom stereocenters. The van der Waals surface area contributed by atoms with Gasteiger partial charge in [-0.2, -0.15) is 11.8 Å². The van der Waals surface area contributed by atoms with Gasteiger partial charge in [0.05, 0.1) is 11.3 Å². The van der Waals surface area contributed by atoms with Gasteiger partial charge in [-0.3, -0.25) is 0 Å². The fraction of sp³-hybridized carbons (Fsp3) is 1.00. The number of hydrogen-bond donors (Lipinski definition) is 1. The molecule has 0 saturated carbocycles. The van der Waals surface area contributed by atoms with Crippen molar-refractivity contribution in [1.29, 1.82) is 0 Å². The van der Waals surface area contributed by atoms with Crippen LogP contribution in [-0.2, 0) is 0 Å². The molecule has 1 aliphatic heterocycles. The van der Waals surface area contributed by atoms with Crippen molar-refractivity contribution < 1.29 is 8.78 Å². The topological polar surface area (TPSA) is 26.0 Å². The summed E-state index contributed by atoms with van der Waals surface area (Å²) in [6.45, 7) is 1.42. The van der Waals surface area contributed by atoms with E-state index in [-0.39, 0.29) is 5.75 Å². The van der Waals surface area contributed by atoms with Crippen molar-refractivity contribution in [2.75, 3.05) is 11.5 Å². The summed E-state index contributed by atoms with van der Waals surface area (Å²) >= 11 is 1.27. The minimum absolute atomic E-state index is 0.125. The molecule has 0 amide bonds. The molecule has 1 aliphatic rings. The maximum atomic E-state index is 12.8. The van der Waals surface area contributed by atoms with Gasteiger partial charge < -0.3 is 5.73 Å². The molecular formula is C6H11F2NS. The summed E-state index contributed by atoms with van der Waals surface area (Å²) < 4.78 is 25.7. The maximum Gasteiger partial charge on any atom is 0.274 e. The van der Waals surface area contributed by atoms with Gasteiger partial charge in [0, 0.05) is 0 Å². The van der Waals surface area contributed by atoms with Crippen molar-refractivity contribution in [3.05, 3.63) is 0 Å². The van der Waals surface area contributed by atoms with Crippen LogP contribution in [0.25, 0.3) is 0 Å². The molecule has 10 heavy (non-hydrogen) atoms. The average Bonchev–Trinajstić information content (AvgIpc) is 1.77. The van der Waals surface area contributed by atoms with Gasteiger partial charge in [-0.05, 0) is 19.1 Å². The van der Waals surface area contributed by atoms with Crippen LogP contribution < -0.4 is 5.73 Å². The molecule has 2 N–H and O–H groups in total. The molecule has 1 rings (SSSR count). The lowest BCUT2D eigenvalue weighted by atomic mass is 9.93. The first-order valence-electron chi connectivity index (χ1n) is 3.20. The Morgan fingerprint density at radius 2 is 2.10 bits per heavy atom. The van der Waals surface area contributed by atoms with Crippen LogP contribution in [0.4, 0.5) is 8.78 Å². The highest BCUT2D eigenvalue weighted by Crippen LogP contribution is 2.37. The van der Waals surface area contributed by atoms with Crippen molar-refractivity contribution >= 4 is 11.8 Å². The predicted molar refractivity (Wildman–Crippen MR) is 39.5 cm³/mol. The van der Waals surface area contributed by atoms with Crippen molar-refractivity contribution in [1.82, 2.24) is 0 Å². The van der Waals surface area contributed by atoms with Crippen LogP contribution in [0.3, 0.4) is 0 Å². The van der Waals surface area contributed by atoms with E-state index in [1.165, 1.54) is 18.7 Å². The monoisotopic (exact) mass is 167 g/mol. The second-order valence-electron chi connectivity index (χ2n) is 2.92. The zero-order valence-corrected chi connectivity index (χ0v) is 6.68. The van der Waals surface area contributed by atoms with Crippen molar-refractivity contribution in [3.8, 4) is 0 Å². The number of alkyl halides is 2. The Hall–Kier alpha value is 0.170. The summed E-state index contributed by atoms with van der Waals surface area (Å²) in [5.41, 5.74) is 4.11. The molecule has 0 bridgehead atoms. The maximum absolute atomic E-state index is 12.8. The molecule has 1 saturated heterocycles. The zero-order valence-electron chi connectivity index (χ0n) is 5.86. The Bertz CT molecular complexity index is 120. The Morgan fingerprint density at radius 3 is 2.40 bits per heavy atom. The van der Waals surface area contributed by atoms with Crippen LogP contribution in [0.1, 0.15) is 13.3 Å². The summed E-state index contributed by atoms with van der Waals surface area (Å²) in [7, 11) is 0. The van der Waals surface area contributed by atoms with E-state index in [1.54, 1.807) is 0 Å². The van der Waals surface area contributed by atoms with E-state index in [0.717, 1.165) is 5.75 Å². The van der Waals surface area contributed by atoms with Crippen LogP contribution in [0.2, 0.25) is 0 Å². The highest BCUT2D eigenvalue weighted by molar-refractivity contribution is 7.99. The highest BCUT2D eigenvalue weighted by atomic mass is 32.2. The number of hydrogen-bond acceptors (Lipinski definition) is 2. The first-order valence-corrected chi connectivity index (χ1v) is 4.36. The third-order valence-electron chi connectivity index (χ3n) is 1.88. The predicted octanol–water partition coefficient (Wildman–Crippen LogP) is 1.48. The number of halogens is 2. The SMILES string of the molecule is CC1(N)CCSCC1(F)F. The third-order valence-corrected chi connectivity index (χ3v) is 2.94. The molecule has 1 heterocycles. The van der Waals surface area contributed by atoms with Crippen LogP contribution in [0.5, 0.6) is 0 Å². The molecule has 0 aromatic rings. The van der Waals surface area contributed by atoms with E-state index in [4.69, 9.17) is 5.73 Å². The zero-order chi connectivity index (χ0) is 7.83. The lowest BCUT2D eigenvalue weighted by molar-refractivity contribution is -0.0488. The first kappa shape index (κ1) is 8.27. The average molecular weight is 167 g/mol. The standard InChI is InChI=1S/C6H11F2NS/c1-5(9)2-3-10-4-6(5,7)8/h2-4,9H2,1H3. The summed E-state index contributed by atoms with van der Waals surface area (Å²) in [5.74, 6) is -2.06. The molecule has 0 aromatic heterocycles. The molecule has 0 aromatic carbocycles. The smallest absolute Gasteiger partial charge is 0.274 e. The van der Waals surface area contributed by atoms with Gasteiger partial charge >= 0.3 is 0 Å². The van der Waals surface area contributed by atoms with E-state index in [2.05, 4.69) is 0 Å². The number of rotatable bonds is 0. The molecule has 1 nitrogen and oxygen atoms in total. The van der Waals surface area contributed by atoms with Gasteiger partial charge in [-0.25, -0.2) is 8.78 Å². The van der Waals surface area contributed by atoms with Gasteiger partial charge in [0.1, 0.15) is 0 Å². The third kappa shape index (κ3) is 1.27. The lowest BCUT2D eigenvalue weighted by Gasteiger charge is -2.37. The van der Waals surface area contributed by atoms with Gasteiger partial charge in [0.25, 0.3) is 5.92 Å². The molecule has 60 valence electrons. The summed E-state index contributed by atoms with van der Waals surface area (Å²) in [6.07, 6.45) is 0.407.